The van der Waals surface area contributed by atoms with Crippen molar-refractivity contribution in [3.05, 3.63) is 69.2 Å². The summed E-state index contributed by atoms with van der Waals surface area (Å²) in [6.45, 7) is 0. The Hall–Kier alpha value is -1.40. The normalized spacial score (nSPS) is 12.5. The van der Waals surface area contributed by atoms with E-state index in [0.29, 0.717) is 0 Å². The predicted octanol–water partition coefficient (Wildman–Crippen LogP) is 4.25. The Morgan fingerprint density at radius 2 is 1.70 bits per heavy atom. The minimum Gasteiger partial charge on any atom is -0.324 e. The number of nitrogens with two attached hydrogens (primary N) is 1. The Kier molecular flexibility index (Phi) is 4.45. The number of hydrogen-bond acceptors (Lipinski definition) is 1. The lowest BCUT2D eigenvalue weighted by Crippen LogP contribution is -2.16. The Morgan fingerprint density at radius 3 is 2.40 bits per heavy atom. The minimum atomic E-state index is -1.03. The van der Waals surface area contributed by atoms with Gasteiger partial charge in [0.1, 0.15) is 11.6 Å². The molecule has 1 atom stereocenters. The maximum absolute atomic E-state index is 13.7. The smallest absolute Gasteiger partial charge is 0.162 e. The van der Waals surface area contributed by atoms with Gasteiger partial charge < -0.3 is 5.73 Å². The van der Waals surface area contributed by atoms with E-state index in [0.717, 1.165) is 18.2 Å². The molecule has 0 aromatic heterocycles. The molecule has 1 unspecified atom stereocenters. The fraction of sp³-hybridized carbons (Fsp3) is 0.143. The van der Waals surface area contributed by atoms with Crippen molar-refractivity contribution in [3.8, 4) is 0 Å². The first-order valence-corrected chi connectivity index (χ1v) is 6.52. The Labute approximate surface area is 121 Å². The average Bonchev–Trinajstić information content (AvgIpc) is 2.39. The topological polar surface area (TPSA) is 26.0 Å². The highest BCUT2D eigenvalue weighted by molar-refractivity contribution is 9.10. The molecule has 6 heteroatoms. The zero-order valence-corrected chi connectivity index (χ0v) is 11.7. The molecule has 2 N–H and O–H groups in total. The maximum atomic E-state index is 13.7. The largest absolute Gasteiger partial charge is 0.324 e. The van der Waals surface area contributed by atoms with Crippen molar-refractivity contribution in [1.29, 1.82) is 0 Å². The van der Waals surface area contributed by atoms with Gasteiger partial charge in [0.15, 0.2) is 11.6 Å². The molecule has 0 spiro atoms. The number of hydrogen-bond donors (Lipinski definition) is 1. The monoisotopic (exact) mass is 347 g/mol. The second kappa shape index (κ2) is 5.93. The summed E-state index contributed by atoms with van der Waals surface area (Å²) in [5, 5.41) is 0. The second-order valence-corrected chi connectivity index (χ2v) is 5.17. The molecular weight excluding hydrogens is 338 g/mol. The van der Waals surface area contributed by atoms with Crippen LogP contribution >= 0.6 is 15.9 Å². The van der Waals surface area contributed by atoms with Crippen LogP contribution < -0.4 is 5.73 Å². The zero-order valence-electron chi connectivity index (χ0n) is 10.1. The van der Waals surface area contributed by atoms with Crippen LogP contribution in [-0.2, 0) is 6.42 Å². The van der Waals surface area contributed by atoms with Crippen LogP contribution in [0.3, 0.4) is 0 Å². The minimum absolute atomic E-state index is 0.0141. The molecule has 0 fully saturated rings. The van der Waals surface area contributed by atoms with Crippen molar-refractivity contribution in [2.24, 2.45) is 5.73 Å². The third kappa shape index (κ3) is 3.02. The first kappa shape index (κ1) is 15.0. The highest BCUT2D eigenvalue weighted by Gasteiger charge is 2.18. The fourth-order valence-electron chi connectivity index (χ4n) is 1.88. The molecule has 0 heterocycles. The van der Waals surface area contributed by atoms with Gasteiger partial charge in [-0.2, -0.15) is 0 Å². The van der Waals surface area contributed by atoms with Crippen molar-refractivity contribution < 1.29 is 17.6 Å². The third-order valence-electron chi connectivity index (χ3n) is 2.91. The van der Waals surface area contributed by atoms with Crippen LogP contribution in [0.25, 0.3) is 0 Å². The first-order chi connectivity index (χ1) is 9.40. The standard InChI is InChI=1S/C14H10BrF4N/c15-9-6-11(17)8(5-12(9)18)13(20)4-7-2-1-3-10(16)14(7)19/h1-3,5-6,13H,4,20H2. The summed E-state index contributed by atoms with van der Waals surface area (Å²) in [4.78, 5) is 0. The van der Waals surface area contributed by atoms with E-state index in [1.54, 1.807) is 0 Å². The van der Waals surface area contributed by atoms with Gasteiger partial charge in [-0.25, -0.2) is 17.6 Å². The lowest BCUT2D eigenvalue weighted by molar-refractivity contribution is 0.491. The molecule has 0 saturated carbocycles. The lowest BCUT2D eigenvalue weighted by Gasteiger charge is -2.14. The van der Waals surface area contributed by atoms with Crippen LogP contribution in [0.5, 0.6) is 0 Å². The molecule has 0 aliphatic rings. The van der Waals surface area contributed by atoms with Crippen LogP contribution in [0.4, 0.5) is 17.6 Å². The summed E-state index contributed by atoms with van der Waals surface area (Å²) in [6.07, 6.45) is -0.137. The van der Waals surface area contributed by atoms with Crippen LogP contribution in [0.1, 0.15) is 17.2 Å². The number of benzene rings is 2. The summed E-state index contributed by atoms with van der Waals surface area (Å²) in [5.74, 6) is -3.41. The molecule has 20 heavy (non-hydrogen) atoms. The van der Waals surface area contributed by atoms with E-state index in [2.05, 4.69) is 15.9 Å². The molecule has 0 saturated heterocycles. The molecule has 2 aromatic carbocycles. The van der Waals surface area contributed by atoms with Gasteiger partial charge in [-0.3, -0.25) is 0 Å². The molecule has 0 bridgehead atoms. The second-order valence-electron chi connectivity index (χ2n) is 4.31. The summed E-state index contributed by atoms with van der Waals surface area (Å²) < 4.78 is 53.7. The van der Waals surface area contributed by atoms with Gasteiger partial charge >= 0.3 is 0 Å². The van der Waals surface area contributed by atoms with Gasteiger partial charge in [0, 0.05) is 11.6 Å². The summed E-state index contributed by atoms with van der Waals surface area (Å²) in [7, 11) is 0. The van der Waals surface area contributed by atoms with Crippen molar-refractivity contribution in [2.45, 2.75) is 12.5 Å². The van der Waals surface area contributed by atoms with E-state index in [9.17, 15) is 17.6 Å². The Morgan fingerprint density at radius 1 is 1.00 bits per heavy atom. The van der Waals surface area contributed by atoms with Crippen molar-refractivity contribution in [1.82, 2.24) is 0 Å². The number of rotatable bonds is 3. The maximum Gasteiger partial charge on any atom is 0.162 e. The summed E-state index contributed by atoms with van der Waals surface area (Å²) >= 11 is 2.85. The first-order valence-electron chi connectivity index (χ1n) is 5.73. The number of halogens is 5. The highest BCUT2D eigenvalue weighted by Crippen LogP contribution is 2.26. The van der Waals surface area contributed by atoms with Gasteiger partial charge in [-0.05, 0) is 46.1 Å². The van der Waals surface area contributed by atoms with Gasteiger partial charge in [0.25, 0.3) is 0 Å². The fourth-order valence-corrected chi connectivity index (χ4v) is 2.19. The molecule has 2 rings (SSSR count). The van der Waals surface area contributed by atoms with Crippen molar-refractivity contribution in [3.63, 3.8) is 0 Å². The van der Waals surface area contributed by atoms with Crippen LogP contribution in [-0.4, -0.2) is 0 Å². The molecule has 0 radical (unpaired) electrons. The molecular formula is C14H10BrF4N. The molecule has 2 aromatic rings. The van der Waals surface area contributed by atoms with E-state index in [-0.39, 0.29) is 22.0 Å². The summed E-state index contributed by atoms with van der Waals surface area (Å²) in [6, 6.07) is 4.58. The van der Waals surface area contributed by atoms with Crippen molar-refractivity contribution >= 4 is 15.9 Å². The van der Waals surface area contributed by atoms with Crippen LogP contribution in [0.15, 0.2) is 34.8 Å². The van der Waals surface area contributed by atoms with Gasteiger partial charge in [-0.15, -0.1) is 0 Å². The Balaban J connectivity index is 2.31. The van der Waals surface area contributed by atoms with Gasteiger partial charge in [-0.1, -0.05) is 12.1 Å². The zero-order chi connectivity index (χ0) is 14.9. The predicted molar refractivity (Wildman–Crippen MR) is 71.0 cm³/mol. The lowest BCUT2D eigenvalue weighted by atomic mass is 9.98. The van der Waals surface area contributed by atoms with E-state index >= 15 is 0 Å². The quantitative estimate of drug-likeness (QED) is 0.651. The molecule has 0 aliphatic carbocycles. The van der Waals surface area contributed by atoms with E-state index in [1.807, 2.05) is 0 Å². The summed E-state index contributed by atoms with van der Waals surface area (Å²) in [5.41, 5.74) is 5.68. The van der Waals surface area contributed by atoms with E-state index < -0.39 is 29.3 Å². The molecule has 106 valence electrons. The van der Waals surface area contributed by atoms with Crippen LogP contribution in [0.2, 0.25) is 0 Å². The van der Waals surface area contributed by atoms with Gasteiger partial charge in [0.2, 0.25) is 0 Å². The molecule has 0 aliphatic heterocycles. The average molecular weight is 348 g/mol. The van der Waals surface area contributed by atoms with E-state index in [4.69, 9.17) is 5.73 Å². The molecule has 0 amide bonds. The Bertz CT molecular complexity index is 645. The SMILES string of the molecule is NC(Cc1cccc(F)c1F)c1cc(F)c(Br)cc1F. The van der Waals surface area contributed by atoms with Gasteiger partial charge in [0.05, 0.1) is 4.47 Å². The van der Waals surface area contributed by atoms with Crippen LogP contribution in [0, 0.1) is 23.3 Å². The third-order valence-corrected chi connectivity index (χ3v) is 3.52. The van der Waals surface area contributed by atoms with Crippen molar-refractivity contribution in [2.75, 3.05) is 0 Å². The van der Waals surface area contributed by atoms with E-state index in [1.165, 1.54) is 12.1 Å². The molecule has 1 nitrogen and oxygen atoms in total. The highest BCUT2D eigenvalue weighted by atomic mass is 79.9.